The zero-order valence-corrected chi connectivity index (χ0v) is 8.89. The van der Waals surface area contributed by atoms with Crippen molar-refractivity contribution in [3.8, 4) is 0 Å². The Morgan fingerprint density at radius 1 is 1.46 bits per heavy atom. The topological polar surface area (TPSA) is 32.1 Å². The average molecular weight is 184 g/mol. The molecular formula is C10H20N2O. The Morgan fingerprint density at radius 3 is 2.54 bits per heavy atom. The van der Waals surface area contributed by atoms with Crippen LogP contribution in [0.5, 0.6) is 0 Å². The Kier molecular flexibility index (Phi) is 3.31. The van der Waals surface area contributed by atoms with Crippen LogP contribution in [0.15, 0.2) is 0 Å². The van der Waals surface area contributed by atoms with Crippen molar-refractivity contribution in [1.29, 1.82) is 0 Å². The maximum absolute atomic E-state index is 11.6. The number of rotatable bonds is 5. The summed E-state index contributed by atoms with van der Waals surface area (Å²) in [5, 5.41) is 2.96. The van der Waals surface area contributed by atoms with E-state index in [1.54, 1.807) is 0 Å². The molecule has 0 aliphatic carbocycles. The standard InChI is InChI=1S/C10H20N2O/c1-4-10(2,3)9(13)11-5-6-12-7-8-12/h4-8H2,1-3H3,(H,11,13). The van der Waals surface area contributed by atoms with E-state index in [0.29, 0.717) is 0 Å². The monoisotopic (exact) mass is 184 g/mol. The highest BCUT2D eigenvalue weighted by Gasteiger charge is 2.25. The van der Waals surface area contributed by atoms with Crippen molar-refractivity contribution in [3.63, 3.8) is 0 Å². The van der Waals surface area contributed by atoms with Crippen LogP contribution in [0.3, 0.4) is 0 Å². The molecule has 1 N–H and O–H groups in total. The van der Waals surface area contributed by atoms with Crippen molar-refractivity contribution in [3.05, 3.63) is 0 Å². The Bertz CT molecular complexity index is 185. The SMILES string of the molecule is CCC(C)(C)C(=O)NCCN1CC1. The van der Waals surface area contributed by atoms with E-state index in [4.69, 9.17) is 0 Å². The molecule has 1 amide bonds. The van der Waals surface area contributed by atoms with Crippen LogP contribution in [0, 0.1) is 5.41 Å². The zero-order valence-electron chi connectivity index (χ0n) is 8.89. The summed E-state index contributed by atoms with van der Waals surface area (Å²) >= 11 is 0. The molecule has 3 heteroatoms. The maximum Gasteiger partial charge on any atom is 0.225 e. The molecule has 0 saturated carbocycles. The smallest absolute Gasteiger partial charge is 0.225 e. The van der Waals surface area contributed by atoms with Crippen LogP contribution in [0.2, 0.25) is 0 Å². The Morgan fingerprint density at radius 2 is 2.08 bits per heavy atom. The van der Waals surface area contributed by atoms with E-state index in [-0.39, 0.29) is 11.3 Å². The first-order valence-electron chi connectivity index (χ1n) is 5.07. The summed E-state index contributed by atoms with van der Waals surface area (Å²) in [6.07, 6.45) is 0.891. The van der Waals surface area contributed by atoms with E-state index in [1.807, 2.05) is 20.8 Å². The minimum atomic E-state index is -0.209. The van der Waals surface area contributed by atoms with Crippen LogP contribution in [-0.2, 0) is 4.79 Å². The molecule has 0 aromatic rings. The minimum absolute atomic E-state index is 0.178. The van der Waals surface area contributed by atoms with Gasteiger partial charge >= 0.3 is 0 Å². The predicted octanol–water partition coefficient (Wildman–Crippen LogP) is 0.854. The Balaban J connectivity index is 2.15. The third kappa shape index (κ3) is 3.35. The number of carbonyl (C=O) groups excluding carboxylic acids is 1. The maximum atomic E-state index is 11.6. The molecule has 76 valence electrons. The fourth-order valence-electron chi connectivity index (χ4n) is 1.02. The second-order valence-corrected chi connectivity index (χ2v) is 4.33. The Labute approximate surface area is 80.5 Å². The molecule has 3 nitrogen and oxygen atoms in total. The van der Waals surface area contributed by atoms with Crippen molar-refractivity contribution in [1.82, 2.24) is 10.2 Å². The molecule has 0 atom stereocenters. The third-order valence-corrected chi connectivity index (χ3v) is 2.75. The van der Waals surface area contributed by atoms with Gasteiger partial charge in [-0.3, -0.25) is 9.69 Å². The highest BCUT2D eigenvalue weighted by molar-refractivity contribution is 5.81. The van der Waals surface area contributed by atoms with Gasteiger partial charge in [0.25, 0.3) is 0 Å². The van der Waals surface area contributed by atoms with Crippen molar-refractivity contribution in [2.45, 2.75) is 27.2 Å². The molecule has 1 aliphatic rings. The van der Waals surface area contributed by atoms with Crippen molar-refractivity contribution in [2.24, 2.45) is 5.41 Å². The number of nitrogens with one attached hydrogen (secondary N) is 1. The molecule has 1 rings (SSSR count). The summed E-state index contributed by atoms with van der Waals surface area (Å²) in [6.45, 7) is 10.2. The lowest BCUT2D eigenvalue weighted by Gasteiger charge is -2.21. The summed E-state index contributed by atoms with van der Waals surface area (Å²) in [5.41, 5.74) is -0.209. The summed E-state index contributed by atoms with van der Waals surface area (Å²) in [4.78, 5) is 13.9. The van der Waals surface area contributed by atoms with E-state index < -0.39 is 0 Å². The van der Waals surface area contributed by atoms with Crippen LogP contribution in [0.25, 0.3) is 0 Å². The molecule has 1 saturated heterocycles. The van der Waals surface area contributed by atoms with Crippen LogP contribution >= 0.6 is 0 Å². The van der Waals surface area contributed by atoms with Gasteiger partial charge in [-0.15, -0.1) is 0 Å². The molecular weight excluding hydrogens is 164 g/mol. The summed E-state index contributed by atoms with van der Waals surface area (Å²) in [7, 11) is 0. The minimum Gasteiger partial charge on any atom is -0.354 e. The first kappa shape index (κ1) is 10.5. The van der Waals surface area contributed by atoms with Crippen LogP contribution < -0.4 is 5.32 Å². The average Bonchev–Trinajstić information content (AvgIpc) is 2.88. The molecule has 0 unspecified atom stereocenters. The van der Waals surface area contributed by atoms with Gasteiger partial charge in [0.1, 0.15) is 0 Å². The lowest BCUT2D eigenvalue weighted by molar-refractivity contribution is -0.129. The van der Waals surface area contributed by atoms with Gasteiger partial charge < -0.3 is 5.32 Å². The number of nitrogens with zero attached hydrogens (tertiary/aromatic N) is 1. The summed E-state index contributed by atoms with van der Waals surface area (Å²) < 4.78 is 0. The molecule has 1 heterocycles. The molecule has 0 radical (unpaired) electrons. The van der Waals surface area contributed by atoms with Gasteiger partial charge in [-0.1, -0.05) is 20.8 Å². The highest BCUT2D eigenvalue weighted by Crippen LogP contribution is 2.19. The number of carbonyl (C=O) groups is 1. The van der Waals surface area contributed by atoms with Crippen LogP contribution in [0.4, 0.5) is 0 Å². The number of amides is 1. The number of hydrogen-bond donors (Lipinski definition) is 1. The molecule has 1 fully saturated rings. The predicted molar refractivity (Wildman–Crippen MR) is 53.5 cm³/mol. The van der Waals surface area contributed by atoms with E-state index >= 15 is 0 Å². The molecule has 0 spiro atoms. The zero-order chi connectivity index (χ0) is 9.90. The highest BCUT2D eigenvalue weighted by atomic mass is 16.2. The number of hydrogen-bond acceptors (Lipinski definition) is 2. The fourth-order valence-corrected chi connectivity index (χ4v) is 1.02. The van der Waals surface area contributed by atoms with Gasteiger partial charge in [-0.05, 0) is 6.42 Å². The van der Waals surface area contributed by atoms with E-state index in [1.165, 1.54) is 13.1 Å². The second-order valence-electron chi connectivity index (χ2n) is 4.33. The molecule has 0 bridgehead atoms. The van der Waals surface area contributed by atoms with Crippen LogP contribution in [-0.4, -0.2) is 37.0 Å². The molecule has 13 heavy (non-hydrogen) atoms. The molecule has 1 aliphatic heterocycles. The third-order valence-electron chi connectivity index (χ3n) is 2.75. The van der Waals surface area contributed by atoms with Gasteiger partial charge in [0.15, 0.2) is 0 Å². The van der Waals surface area contributed by atoms with Gasteiger partial charge in [0.2, 0.25) is 5.91 Å². The molecule has 0 aromatic heterocycles. The van der Waals surface area contributed by atoms with E-state index in [9.17, 15) is 4.79 Å². The van der Waals surface area contributed by atoms with Gasteiger partial charge in [0.05, 0.1) is 0 Å². The van der Waals surface area contributed by atoms with Gasteiger partial charge in [-0.2, -0.15) is 0 Å². The fraction of sp³-hybridized carbons (Fsp3) is 0.900. The normalized spacial score (nSPS) is 17.2. The van der Waals surface area contributed by atoms with Crippen molar-refractivity contribution >= 4 is 5.91 Å². The van der Waals surface area contributed by atoms with Crippen molar-refractivity contribution in [2.75, 3.05) is 26.2 Å². The first-order chi connectivity index (χ1) is 6.06. The van der Waals surface area contributed by atoms with Gasteiger partial charge in [-0.25, -0.2) is 0 Å². The largest absolute Gasteiger partial charge is 0.354 e. The lowest BCUT2D eigenvalue weighted by atomic mass is 9.89. The molecule has 0 aromatic carbocycles. The van der Waals surface area contributed by atoms with E-state index in [2.05, 4.69) is 10.2 Å². The summed E-state index contributed by atoms with van der Waals surface area (Å²) in [6, 6.07) is 0. The lowest BCUT2D eigenvalue weighted by Crippen LogP contribution is -2.38. The van der Waals surface area contributed by atoms with E-state index in [0.717, 1.165) is 19.5 Å². The first-order valence-corrected chi connectivity index (χ1v) is 5.07. The van der Waals surface area contributed by atoms with Gasteiger partial charge in [0, 0.05) is 31.6 Å². The quantitative estimate of drug-likeness (QED) is 0.643. The van der Waals surface area contributed by atoms with Crippen LogP contribution in [0.1, 0.15) is 27.2 Å². The van der Waals surface area contributed by atoms with Crippen molar-refractivity contribution < 1.29 is 4.79 Å². The Hall–Kier alpha value is -0.570. The second kappa shape index (κ2) is 4.09. The summed E-state index contributed by atoms with van der Waals surface area (Å²) in [5.74, 6) is 0.178.